The van der Waals surface area contributed by atoms with Crippen molar-refractivity contribution in [3.05, 3.63) is 41.0 Å². The van der Waals surface area contributed by atoms with Gasteiger partial charge in [-0.2, -0.15) is 0 Å². The predicted molar refractivity (Wildman–Crippen MR) is 92.6 cm³/mol. The fourth-order valence-corrected chi connectivity index (χ4v) is 3.34. The Labute approximate surface area is 137 Å². The van der Waals surface area contributed by atoms with Crippen LogP contribution in [0.3, 0.4) is 0 Å². The van der Waals surface area contributed by atoms with Gasteiger partial charge in [-0.05, 0) is 24.1 Å². The van der Waals surface area contributed by atoms with E-state index in [2.05, 4.69) is 20.7 Å². The summed E-state index contributed by atoms with van der Waals surface area (Å²) < 4.78 is 0. The molecule has 0 unspecified atom stereocenters. The number of fused-ring (bicyclic) bond motifs is 1. The summed E-state index contributed by atoms with van der Waals surface area (Å²) in [6.45, 7) is 2.10. The van der Waals surface area contributed by atoms with Gasteiger partial charge >= 0.3 is 0 Å². The molecule has 6 heteroatoms. The van der Waals surface area contributed by atoms with Crippen molar-refractivity contribution in [3.8, 4) is 11.1 Å². The first-order chi connectivity index (χ1) is 10.7. The number of aromatic nitrogens is 2. The molecule has 114 valence electrons. The SMILES string of the molecule is CC[C@H](CO)Nc1ncnc2scc(-c3ccc(Cl)cc3)c12. The molecule has 0 amide bonds. The summed E-state index contributed by atoms with van der Waals surface area (Å²) in [6, 6.07) is 7.71. The number of rotatable bonds is 5. The van der Waals surface area contributed by atoms with Gasteiger partial charge in [-0.3, -0.25) is 0 Å². The Morgan fingerprint density at radius 3 is 2.73 bits per heavy atom. The van der Waals surface area contributed by atoms with Crippen molar-refractivity contribution in [2.45, 2.75) is 19.4 Å². The van der Waals surface area contributed by atoms with Crippen molar-refractivity contribution in [3.63, 3.8) is 0 Å². The highest BCUT2D eigenvalue weighted by atomic mass is 35.5. The molecule has 2 heterocycles. The Morgan fingerprint density at radius 2 is 2.05 bits per heavy atom. The molecule has 0 aliphatic heterocycles. The van der Waals surface area contributed by atoms with E-state index in [1.807, 2.05) is 31.2 Å². The first-order valence-corrected chi connectivity index (χ1v) is 8.34. The van der Waals surface area contributed by atoms with E-state index in [0.717, 1.165) is 33.6 Å². The lowest BCUT2D eigenvalue weighted by Crippen LogP contribution is -2.23. The molecular weight excluding hydrogens is 318 g/mol. The zero-order valence-corrected chi connectivity index (χ0v) is 13.7. The molecule has 3 aromatic rings. The normalized spacial score (nSPS) is 12.5. The van der Waals surface area contributed by atoms with E-state index in [9.17, 15) is 5.11 Å². The van der Waals surface area contributed by atoms with Crippen LogP contribution in [-0.4, -0.2) is 27.7 Å². The minimum atomic E-state index is -0.0175. The van der Waals surface area contributed by atoms with Crippen molar-refractivity contribution in [2.24, 2.45) is 0 Å². The summed E-state index contributed by atoms with van der Waals surface area (Å²) in [7, 11) is 0. The highest BCUT2D eigenvalue weighted by Gasteiger charge is 2.15. The summed E-state index contributed by atoms with van der Waals surface area (Å²) in [4.78, 5) is 9.64. The molecular formula is C16H16ClN3OS. The molecule has 0 fully saturated rings. The molecule has 2 aromatic heterocycles. The minimum absolute atomic E-state index is 0.0175. The number of halogens is 1. The van der Waals surface area contributed by atoms with Gasteiger partial charge in [-0.25, -0.2) is 9.97 Å². The molecule has 1 aromatic carbocycles. The molecule has 3 rings (SSSR count). The lowest BCUT2D eigenvalue weighted by molar-refractivity contribution is 0.271. The van der Waals surface area contributed by atoms with Crippen molar-refractivity contribution < 1.29 is 5.11 Å². The minimum Gasteiger partial charge on any atom is -0.394 e. The first kappa shape index (κ1) is 15.2. The Hall–Kier alpha value is -1.69. The van der Waals surface area contributed by atoms with Crippen LogP contribution in [0.15, 0.2) is 36.0 Å². The molecule has 0 radical (unpaired) electrons. The van der Waals surface area contributed by atoms with Crippen LogP contribution in [0.1, 0.15) is 13.3 Å². The third-order valence-corrected chi connectivity index (χ3v) is 4.72. The van der Waals surface area contributed by atoms with Gasteiger partial charge in [-0.1, -0.05) is 30.7 Å². The Balaban J connectivity index is 2.10. The van der Waals surface area contributed by atoms with Crippen molar-refractivity contribution in [1.82, 2.24) is 9.97 Å². The second-order valence-electron chi connectivity index (χ2n) is 4.99. The molecule has 0 aliphatic rings. The Bertz CT molecular complexity index is 769. The van der Waals surface area contributed by atoms with E-state index in [1.165, 1.54) is 0 Å². The summed E-state index contributed by atoms with van der Waals surface area (Å²) in [5.41, 5.74) is 2.15. The average molecular weight is 334 g/mol. The highest BCUT2D eigenvalue weighted by Crippen LogP contribution is 2.37. The van der Waals surface area contributed by atoms with Crippen LogP contribution in [-0.2, 0) is 0 Å². The van der Waals surface area contributed by atoms with Gasteiger partial charge in [0.15, 0.2) is 0 Å². The molecule has 0 saturated heterocycles. The van der Waals surface area contributed by atoms with Gasteiger partial charge in [-0.15, -0.1) is 11.3 Å². The lowest BCUT2D eigenvalue weighted by atomic mass is 10.1. The standard InChI is InChI=1S/C16H16ClN3OS/c1-2-12(7-21)20-15-14-13(8-22-16(14)19-9-18-15)10-3-5-11(17)6-4-10/h3-6,8-9,12,21H,2,7H2,1H3,(H,18,19,20)/t12-/m1/s1. The molecule has 4 nitrogen and oxygen atoms in total. The second kappa shape index (κ2) is 6.60. The van der Waals surface area contributed by atoms with Gasteiger partial charge in [0.2, 0.25) is 0 Å². The van der Waals surface area contributed by atoms with Crippen LogP contribution < -0.4 is 5.32 Å². The Morgan fingerprint density at radius 1 is 1.27 bits per heavy atom. The van der Waals surface area contributed by atoms with Gasteiger partial charge in [0.05, 0.1) is 18.0 Å². The van der Waals surface area contributed by atoms with E-state index >= 15 is 0 Å². The Kier molecular flexibility index (Phi) is 4.57. The summed E-state index contributed by atoms with van der Waals surface area (Å²) in [5, 5.41) is 16.5. The largest absolute Gasteiger partial charge is 0.394 e. The molecule has 2 N–H and O–H groups in total. The zero-order valence-electron chi connectivity index (χ0n) is 12.1. The summed E-state index contributed by atoms with van der Waals surface area (Å²) in [5.74, 6) is 0.761. The molecule has 0 saturated carbocycles. The molecule has 22 heavy (non-hydrogen) atoms. The van der Waals surface area contributed by atoms with Crippen molar-refractivity contribution in [2.75, 3.05) is 11.9 Å². The van der Waals surface area contributed by atoms with Gasteiger partial charge in [0.25, 0.3) is 0 Å². The number of nitrogens with one attached hydrogen (secondary N) is 1. The topological polar surface area (TPSA) is 58.0 Å². The fourth-order valence-electron chi connectivity index (χ4n) is 2.30. The number of hydrogen-bond acceptors (Lipinski definition) is 5. The van der Waals surface area contributed by atoms with Crippen molar-refractivity contribution in [1.29, 1.82) is 0 Å². The van der Waals surface area contributed by atoms with Gasteiger partial charge in [0, 0.05) is 16.0 Å². The summed E-state index contributed by atoms with van der Waals surface area (Å²) >= 11 is 7.55. The van der Waals surface area contributed by atoms with E-state index in [4.69, 9.17) is 11.6 Å². The van der Waals surface area contributed by atoms with E-state index < -0.39 is 0 Å². The number of hydrogen-bond donors (Lipinski definition) is 2. The number of nitrogens with zero attached hydrogens (tertiary/aromatic N) is 2. The molecule has 1 atom stereocenters. The van der Waals surface area contributed by atoms with Gasteiger partial charge < -0.3 is 10.4 Å². The first-order valence-electron chi connectivity index (χ1n) is 7.08. The van der Waals surface area contributed by atoms with Crippen LogP contribution in [0.4, 0.5) is 5.82 Å². The number of aliphatic hydroxyl groups excluding tert-OH is 1. The van der Waals surface area contributed by atoms with Crippen molar-refractivity contribution >= 4 is 39.0 Å². The number of anilines is 1. The maximum absolute atomic E-state index is 9.41. The van der Waals surface area contributed by atoms with Crippen LogP contribution in [0.25, 0.3) is 21.3 Å². The average Bonchev–Trinajstić information content (AvgIpc) is 2.98. The molecule has 0 bridgehead atoms. The third kappa shape index (κ3) is 2.92. The molecule has 0 spiro atoms. The smallest absolute Gasteiger partial charge is 0.139 e. The number of benzene rings is 1. The van der Waals surface area contributed by atoms with Crippen LogP contribution in [0, 0.1) is 0 Å². The van der Waals surface area contributed by atoms with Crippen LogP contribution in [0.2, 0.25) is 5.02 Å². The quantitative estimate of drug-likeness (QED) is 0.735. The third-order valence-electron chi connectivity index (χ3n) is 3.58. The van der Waals surface area contributed by atoms with Crippen LogP contribution >= 0.6 is 22.9 Å². The van der Waals surface area contributed by atoms with Gasteiger partial charge in [0.1, 0.15) is 17.0 Å². The van der Waals surface area contributed by atoms with E-state index in [1.54, 1.807) is 17.7 Å². The monoisotopic (exact) mass is 333 g/mol. The van der Waals surface area contributed by atoms with E-state index in [-0.39, 0.29) is 12.6 Å². The lowest BCUT2D eigenvalue weighted by Gasteiger charge is -2.15. The maximum atomic E-state index is 9.41. The number of aliphatic hydroxyl groups is 1. The van der Waals surface area contributed by atoms with Crippen LogP contribution in [0.5, 0.6) is 0 Å². The highest BCUT2D eigenvalue weighted by molar-refractivity contribution is 7.17. The second-order valence-corrected chi connectivity index (χ2v) is 6.29. The fraction of sp³-hybridized carbons (Fsp3) is 0.250. The predicted octanol–water partition coefficient (Wildman–Crippen LogP) is 4.19. The summed E-state index contributed by atoms with van der Waals surface area (Å²) in [6.07, 6.45) is 2.37. The molecule has 0 aliphatic carbocycles. The maximum Gasteiger partial charge on any atom is 0.139 e. The van der Waals surface area contributed by atoms with E-state index in [0.29, 0.717) is 5.02 Å². The number of thiophene rings is 1. The zero-order chi connectivity index (χ0) is 15.5.